The van der Waals surface area contributed by atoms with Crippen LogP contribution in [0.5, 0.6) is 0 Å². The van der Waals surface area contributed by atoms with Gasteiger partial charge in [-0.25, -0.2) is 0 Å². The molecule has 0 saturated heterocycles. The number of hydrogen-bond donors (Lipinski definition) is 0. The number of aromatic nitrogens is 1. The molecule has 0 aliphatic heterocycles. The molecule has 6 nitrogen and oxygen atoms in total. The molecule has 6 heteroatoms. The largest absolute Gasteiger partial charge is 0.342 e. The Morgan fingerprint density at radius 3 is 2.35 bits per heavy atom. The lowest BCUT2D eigenvalue weighted by Crippen LogP contribution is -2.01. The van der Waals surface area contributed by atoms with Gasteiger partial charge in [-0.05, 0) is 17.7 Å². The van der Waals surface area contributed by atoms with Crippen molar-refractivity contribution in [3.05, 3.63) is 117 Å². The molecule has 1 aromatic heterocycles. The first-order valence-electron chi connectivity index (χ1n) is 9.59. The minimum atomic E-state index is -0.426. The zero-order valence-electron chi connectivity index (χ0n) is 16.4. The van der Waals surface area contributed by atoms with E-state index < -0.39 is 4.92 Å². The summed E-state index contributed by atoms with van der Waals surface area (Å²) in [4.78, 5) is 23.2. The minimum Gasteiger partial charge on any atom is -0.342 e. The van der Waals surface area contributed by atoms with Crippen LogP contribution in [0.15, 0.2) is 90.6 Å². The molecular formula is C25H17N3O3. The van der Waals surface area contributed by atoms with Crippen LogP contribution in [0, 0.1) is 21.4 Å². The van der Waals surface area contributed by atoms with Gasteiger partial charge >= 0.3 is 0 Å². The van der Waals surface area contributed by atoms with E-state index in [4.69, 9.17) is 0 Å². The Kier molecular flexibility index (Phi) is 5.41. The molecule has 0 unspecified atom stereocenters. The lowest BCUT2D eigenvalue weighted by molar-refractivity contribution is -0.384. The van der Waals surface area contributed by atoms with Crippen molar-refractivity contribution in [3.63, 3.8) is 0 Å². The highest BCUT2D eigenvalue weighted by Crippen LogP contribution is 2.25. The monoisotopic (exact) mass is 407 g/mol. The number of nitro groups is 1. The molecule has 0 saturated carbocycles. The van der Waals surface area contributed by atoms with Crippen molar-refractivity contribution in [2.45, 2.75) is 6.54 Å². The summed E-state index contributed by atoms with van der Waals surface area (Å²) >= 11 is 0. The van der Waals surface area contributed by atoms with Crippen molar-refractivity contribution in [2.24, 2.45) is 0 Å². The number of ketones is 1. The molecule has 0 amide bonds. The molecule has 4 rings (SSSR count). The summed E-state index contributed by atoms with van der Waals surface area (Å²) in [5.74, 6) is -0.324. The topological polar surface area (TPSA) is 88.9 Å². The highest BCUT2D eigenvalue weighted by atomic mass is 16.6. The van der Waals surface area contributed by atoms with Gasteiger partial charge in [0.05, 0.1) is 4.92 Å². The third-order valence-corrected chi connectivity index (χ3v) is 5.02. The normalized spacial score (nSPS) is 11.3. The molecule has 0 atom stereocenters. The molecule has 0 fully saturated rings. The lowest BCUT2D eigenvalue weighted by Gasteiger charge is -2.05. The van der Waals surface area contributed by atoms with Gasteiger partial charge in [0.15, 0.2) is 0 Å². The van der Waals surface area contributed by atoms with Crippen LogP contribution in [-0.2, 0) is 6.54 Å². The average molecular weight is 407 g/mol. The van der Waals surface area contributed by atoms with Crippen LogP contribution < -0.4 is 0 Å². The number of carbonyl (C=O) groups excluding carboxylic acids is 1. The van der Waals surface area contributed by atoms with Crippen molar-refractivity contribution >= 4 is 28.4 Å². The van der Waals surface area contributed by atoms with E-state index in [1.54, 1.807) is 42.5 Å². The van der Waals surface area contributed by atoms with Crippen molar-refractivity contribution in [3.8, 4) is 6.07 Å². The number of allylic oxidation sites excluding steroid dienone is 1. The van der Waals surface area contributed by atoms with E-state index >= 15 is 0 Å². The Morgan fingerprint density at radius 1 is 1.00 bits per heavy atom. The molecule has 0 aliphatic carbocycles. The Balaban J connectivity index is 1.72. The van der Waals surface area contributed by atoms with E-state index in [1.807, 2.05) is 47.2 Å². The Bertz CT molecular complexity index is 1340. The number of nitrogens with zero attached hydrogens (tertiary/aromatic N) is 3. The summed E-state index contributed by atoms with van der Waals surface area (Å²) < 4.78 is 2.00. The maximum Gasteiger partial charge on any atom is 0.269 e. The Hall–Kier alpha value is -4.50. The van der Waals surface area contributed by atoms with E-state index in [1.165, 1.54) is 12.1 Å². The molecular weight excluding hydrogens is 390 g/mol. The molecule has 150 valence electrons. The molecule has 0 bridgehead atoms. The summed E-state index contributed by atoms with van der Waals surface area (Å²) in [6, 6.07) is 24.9. The van der Waals surface area contributed by atoms with Crippen LogP contribution in [0.4, 0.5) is 5.69 Å². The zero-order valence-corrected chi connectivity index (χ0v) is 16.4. The first-order valence-corrected chi connectivity index (χ1v) is 9.59. The number of fused-ring (bicyclic) bond motifs is 1. The van der Waals surface area contributed by atoms with Gasteiger partial charge in [0.25, 0.3) is 5.69 Å². The summed E-state index contributed by atoms with van der Waals surface area (Å²) in [6.45, 7) is 0.501. The van der Waals surface area contributed by atoms with Crippen molar-refractivity contribution in [2.75, 3.05) is 0 Å². The number of hydrogen-bond acceptors (Lipinski definition) is 4. The standard InChI is InChI=1S/C25H17N3O3/c26-15-20(25(29)19-6-2-1-3-7-19)14-21-17-27(24-9-5-4-8-23(21)24)16-18-10-12-22(13-11-18)28(30)31/h1-14,17H,16H2/b20-14+. The van der Waals surface area contributed by atoms with Gasteiger partial charge < -0.3 is 4.57 Å². The number of rotatable bonds is 6. The molecule has 0 spiro atoms. The third-order valence-electron chi connectivity index (χ3n) is 5.02. The Labute approximate surface area is 178 Å². The summed E-state index contributed by atoms with van der Waals surface area (Å²) in [6.07, 6.45) is 3.51. The molecule has 3 aromatic carbocycles. The zero-order chi connectivity index (χ0) is 21.8. The second-order valence-electron chi connectivity index (χ2n) is 7.02. The van der Waals surface area contributed by atoms with E-state index in [0.717, 1.165) is 22.0 Å². The van der Waals surface area contributed by atoms with Gasteiger partial charge in [0, 0.05) is 46.9 Å². The predicted molar refractivity (Wildman–Crippen MR) is 118 cm³/mol. The van der Waals surface area contributed by atoms with Crippen LogP contribution in [-0.4, -0.2) is 15.3 Å². The third kappa shape index (κ3) is 4.11. The maximum absolute atomic E-state index is 12.7. The maximum atomic E-state index is 12.7. The van der Waals surface area contributed by atoms with Gasteiger partial charge in [0.2, 0.25) is 5.78 Å². The molecule has 0 N–H and O–H groups in total. The van der Waals surface area contributed by atoms with Crippen LogP contribution in [0.1, 0.15) is 21.5 Å². The number of carbonyl (C=O) groups is 1. The average Bonchev–Trinajstić information content (AvgIpc) is 3.15. The molecule has 0 radical (unpaired) electrons. The van der Waals surface area contributed by atoms with Crippen LogP contribution >= 0.6 is 0 Å². The van der Waals surface area contributed by atoms with Gasteiger partial charge in [-0.2, -0.15) is 5.26 Å². The van der Waals surface area contributed by atoms with Gasteiger partial charge in [0.1, 0.15) is 11.6 Å². The molecule has 1 heterocycles. The number of benzene rings is 3. The highest BCUT2D eigenvalue weighted by Gasteiger charge is 2.14. The Morgan fingerprint density at radius 2 is 1.68 bits per heavy atom. The van der Waals surface area contributed by atoms with Crippen molar-refractivity contribution in [1.82, 2.24) is 4.57 Å². The SMILES string of the molecule is N#C/C(=C\c1cn(Cc2ccc([N+](=O)[O-])cc2)c2ccccc12)C(=O)c1ccccc1. The van der Waals surface area contributed by atoms with Gasteiger partial charge in [-0.1, -0.05) is 60.7 Å². The second-order valence-corrected chi connectivity index (χ2v) is 7.02. The number of para-hydroxylation sites is 1. The van der Waals surface area contributed by atoms with Crippen LogP contribution in [0.25, 0.3) is 17.0 Å². The fourth-order valence-electron chi connectivity index (χ4n) is 3.49. The van der Waals surface area contributed by atoms with Gasteiger partial charge in [-0.15, -0.1) is 0 Å². The van der Waals surface area contributed by atoms with Crippen LogP contribution in [0.3, 0.4) is 0 Å². The van der Waals surface area contributed by atoms with Gasteiger partial charge in [-0.3, -0.25) is 14.9 Å². The number of nitro benzene ring substituents is 1. The first-order chi connectivity index (χ1) is 15.1. The van der Waals surface area contributed by atoms with E-state index in [2.05, 4.69) is 0 Å². The number of nitriles is 1. The second kappa shape index (κ2) is 8.47. The number of non-ortho nitro benzene ring substituents is 1. The quantitative estimate of drug-likeness (QED) is 0.141. The predicted octanol–water partition coefficient (Wildman–Crippen LogP) is 5.39. The fraction of sp³-hybridized carbons (Fsp3) is 0.0400. The molecule has 31 heavy (non-hydrogen) atoms. The fourth-order valence-corrected chi connectivity index (χ4v) is 3.49. The van der Waals surface area contributed by atoms with E-state index in [9.17, 15) is 20.2 Å². The lowest BCUT2D eigenvalue weighted by atomic mass is 10.0. The van der Waals surface area contributed by atoms with Crippen molar-refractivity contribution in [1.29, 1.82) is 5.26 Å². The smallest absolute Gasteiger partial charge is 0.269 e. The van der Waals surface area contributed by atoms with Crippen LogP contribution in [0.2, 0.25) is 0 Å². The molecule has 4 aromatic rings. The van der Waals surface area contributed by atoms with E-state index in [0.29, 0.717) is 12.1 Å². The highest BCUT2D eigenvalue weighted by molar-refractivity contribution is 6.14. The first kappa shape index (κ1) is 19.8. The van der Waals surface area contributed by atoms with E-state index in [-0.39, 0.29) is 17.0 Å². The number of Topliss-reactive ketones (excluding diaryl/α,β-unsaturated/α-hetero) is 1. The summed E-state index contributed by atoms with van der Waals surface area (Å²) in [5.41, 5.74) is 3.18. The molecule has 0 aliphatic rings. The van der Waals surface area contributed by atoms with Crippen molar-refractivity contribution < 1.29 is 9.72 Å². The minimum absolute atomic E-state index is 0.0443. The summed E-state index contributed by atoms with van der Waals surface area (Å²) in [5, 5.41) is 21.4. The summed E-state index contributed by atoms with van der Waals surface area (Å²) in [7, 11) is 0.